The number of rotatable bonds is 4. The number of amides is 1. The fraction of sp³-hybridized carbons (Fsp3) is 0.273. The normalized spacial score (nSPS) is 9.73. The molecule has 0 aliphatic heterocycles. The van der Waals surface area contributed by atoms with Crippen molar-refractivity contribution in [3.8, 4) is 0 Å². The van der Waals surface area contributed by atoms with Crippen LogP contribution in [0.1, 0.15) is 18.9 Å². The van der Waals surface area contributed by atoms with Crippen molar-refractivity contribution in [3.63, 3.8) is 0 Å². The van der Waals surface area contributed by atoms with Crippen LogP contribution < -0.4 is 5.32 Å². The number of benzene rings is 1. The van der Waals surface area contributed by atoms with E-state index in [0.29, 0.717) is 5.02 Å². The number of hydrogen-bond acceptors (Lipinski definition) is 2. The molecule has 0 atom stereocenters. The van der Waals surface area contributed by atoms with E-state index in [1.165, 1.54) is 0 Å². The van der Waals surface area contributed by atoms with Gasteiger partial charge in [-0.3, -0.25) is 0 Å². The fourth-order valence-electron chi connectivity index (χ4n) is 0.986. The van der Waals surface area contributed by atoms with Crippen LogP contribution in [0.4, 0.5) is 4.79 Å². The van der Waals surface area contributed by atoms with E-state index in [1.54, 1.807) is 12.6 Å². The van der Waals surface area contributed by atoms with E-state index in [4.69, 9.17) is 16.3 Å². The summed E-state index contributed by atoms with van der Waals surface area (Å²) in [5.41, 5.74) is 0.797. The van der Waals surface area contributed by atoms with Gasteiger partial charge in [0.2, 0.25) is 0 Å². The summed E-state index contributed by atoms with van der Waals surface area (Å²) >= 11 is 5.89. The summed E-state index contributed by atoms with van der Waals surface area (Å²) in [6.07, 6.45) is 0.304. The number of hydrogen-bond donors (Lipinski definition) is 1. The third-order valence-corrected chi connectivity index (χ3v) is 2.11. The Hall–Kier alpha value is -1.22. The second kappa shape index (κ2) is 6.30. The number of carbonyl (C=O) groups is 1. The Labute approximate surface area is 94.4 Å². The summed E-state index contributed by atoms with van der Waals surface area (Å²) in [5.74, 6) is 0. The van der Waals surface area contributed by atoms with Crippen molar-refractivity contribution in [2.45, 2.75) is 20.0 Å². The average molecular weight is 227 g/mol. The molecule has 0 saturated carbocycles. The molecule has 1 aromatic carbocycles. The molecule has 1 amide bonds. The highest BCUT2D eigenvalue weighted by atomic mass is 35.5. The maximum Gasteiger partial charge on any atom is 0.407 e. The Bertz CT molecular complexity index is 328. The molecule has 0 unspecified atom stereocenters. The highest BCUT2D eigenvalue weighted by molar-refractivity contribution is 6.31. The topological polar surface area (TPSA) is 38.3 Å². The molecule has 1 aromatic rings. The van der Waals surface area contributed by atoms with Gasteiger partial charge in [0.25, 0.3) is 0 Å². The second-order valence-corrected chi connectivity index (χ2v) is 3.33. The molecule has 0 aliphatic rings. The fourth-order valence-corrected chi connectivity index (χ4v) is 1.18. The van der Waals surface area contributed by atoms with Gasteiger partial charge in [-0.15, -0.1) is 0 Å². The Balaban J connectivity index is 2.37. The van der Waals surface area contributed by atoms with Crippen LogP contribution in [0, 0.1) is 6.54 Å². The molecule has 0 aromatic heterocycles. The third kappa shape index (κ3) is 4.21. The van der Waals surface area contributed by atoms with E-state index < -0.39 is 6.09 Å². The molecule has 4 heteroatoms. The highest BCUT2D eigenvalue weighted by Crippen LogP contribution is 2.15. The Morgan fingerprint density at radius 1 is 1.53 bits per heavy atom. The van der Waals surface area contributed by atoms with Crippen LogP contribution in [0.25, 0.3) is 0 Å². The van der Waals surface area contributed by atoms with Crippen LogP contribution in [0.15, 0.2) is 24.3 Å². The van der Waals surface area contributed by atoms with E-state index in [-0.39, 0.29) is 6.61 Å². The number of halogens is 1. The Kier molecular flexibility index (Phi) is 4.98. The van der Waals surface area contributed by atoms with Crippen molar-refractivity contribution >= 4 is 17.7 Å². The van der Waals surface area contributed by atoms with E-state index in [2.05, 4.69) is 5.32 Å². The van der Waals surface area contributed by atoms with Crippen molar-refractivity contribution in [2.24, 2.45) is 0 Å². The molecule has 81 valence electrons. The molecule has 3 nitrogen and oxygen atoms in total. The van der Waals surface area contributed by atoms with Crippen LogP contribution in [0.5, 0.6) is 0 Å². The molecule has 15 heavy (non-hydrogen) atoms. The molecule has 0 fully saturated rings. The molecular weight excluding hydrogens is 214 g/mol. The third-order valence-electron chi connectivity index (χ3n) is 1.74. The van der Waals surface area contributed by atoms with Crippen LogP contribution in [0.3, 0.4) is 0 Å². The van der Waals surface area contributed by atoms with Crippen molar-refractivity contribution in [1.29, 1.82) is 0 Å². The standard InChI is InChI=1S/C11H13ClNO2/c1-2-7-13-11(14)15-8-9-5-3-4-6-10(9)12/h3-7H,2,8H2,1H3,(H,13,14). The Morgan fingerprint density at radius 3 is 2.93 bits per heavy atom. The number of ether oxygens (including phenoxy) is 1. The van der Waals surface area contributed by atoms with Crippen molar-refractivity contribution in [1.82, 2.24) is 5.32 Å². The first-order valence-electron chi connectivity index (χ1n) is 4.72. The largest absolute Gasteiger partial charge is 0.445 e. The van der Waals surface area contributed by atoms with Crippen LogP contribution in [-0.4, -0.2) is 6.09 Å². The minimum absolute atomic E-state index is 0.184. The van der Waals surface area contributed by atoms with E-state index in [1.807, 2.05) is 25.1 Å². The summed E-state index contributed by atoms with van der Waals surface area (Å²) in [6, 6.07) is 7.26. The monoisotopic (exact) mass is 226 g/mol. The minimum Gasteiger partial charge on any atom is -0.445 e. The van der Waals surface area contributed by atoms with Crippen molar-refractivity contribution in [2.75, 3.05) is 0 Å². The van der Waals surface area contributed by atoms with E-state index in [9.17, 15) is 4.79 Å². The molecule has 0 aliphatic carbocycles. The molecule has 0 bridgehead atoms. The lowest BCUT2D eigenvalue weighted by molar-refractivity contribution is 0.142. The SMILES string of the molecule is CC[CH]NC(=O)OCc1ccccc1Cl. The number of alkyl carbamates (subject to hydrolysis) is 1. The van der Waals surface area contributed by atoms with Crippen molar-refractivity contribution in [3.05, 3.63) is 41.4 Å². The summed E-state index contributed by atoms with van der Waals surface area (Å²) < 4.78 is 4.95. The van der Waals surface area contributed by atoms with Gasteiger partial charge in [0.1, 0.15) is 6.61 Å². The van der Waals surface area contributed by atoms with Gasteiger partial charge in [-0.25, -0.2) is 4.79 Å². The predicted octanol–water partition coefficient (Wildman–Crippen LogP) is 3.14. The van der Waals surface area contributed by atoms with Gasteiger partial charge in [0.05, 0.1) is 6.54 Å². The van der Waals surface area contributed by atoms with Gasteiger partial charge in [-0.2, -0.15) is 0 Å². The van der Waals surface area contributed by atoms with Crippen LogP contribution in [-0.2, 0) is 11.3 Å². The minimum atomic E-state index is -0.461. The second-order valence-electron chi connectivity index (χ2n) is 2.92. The maximum atomic E-state index is 11.1. The predicted molar refractivity (Wildman–Crippen MR) is 59.4 cm³/mol. The first-order valence-corrected chi connectivity index (χ1v) is 5.10. The summed E-state index contributed by atoms with van der Waals surface area (Å²) in [6.45, 7) is 3.74. The van der Waals surface area contributed by atoms with Gasteiger partial charge >= 0.3 is 6.09 Å². The van der Waals surface area contributed by atoms with Gasteiger partial charge in [0, 0.05) is 10.6 Å². The molecule has 1 rings (SSSR count). The molecule has 0 saturated heterocycles. The quantitative estimate of drug-likeness (QED) is 0.857. The van der Waals surface area contributed by atoms with Gasteiger partial charge in [0.15, 0.2) is 0 Å². The maximum absolute atomic E-state index is 11.1. The zero-order valence-electron chi connectivity index (χ0n) is 8.50. The van der Waals surface area contributed by atoms with E-state index >= 15 is 0 Å². The lowest BCUT2D eigenvalue weighted by Gasteiger charge is -2.06. The van der Waals surface area contributed by atoms with Gasteiger partial charge in [-0.05, 0) is 12.5 Å². The molecule has 0 spiro atoms. The molecule has 0 heterocycles. The first-order chi connectivity index (χ1) is 7.24. The Morgan fingerprint density at radius 2 is 2.27 bits per heavy atom. The zero-order valence-corrected chi connectivity index (χ0v) is 9.25. The number of nitrogens with one attached hydrogen (secondary N) is 1. The first kappa shape index (κ1) is 11.9. The van der Waals surface area contributed by atoms with Gasteiger partial charge in [-0.1, -0.05) is 36.7 Å². The summed E-state index contributed by atoms with van der Waals surface area (Å²) in [7, 11) is 0. The summed E-state index contributed by atoms with van der Waals surface area (Å²) in [5, 5.41) is 3.09. The number of carbonyl (C=O) groups excluding carboxylic acids is 1. The lowest BCUT2D eigenvalue weighted by Crippen LogP contribution is -2.21. The highest BCUT2D eigenvalue weighted by Gasteiger charge is 2.03. The van der Waals surface area contributed by atoms with Crippen LogP contribution in [0.2, 0.25) is 5.02 Å². The average Bonchev–Trinajstić information content (AvgIpc) is 2.25. The van der Waals surface area contributed by atoms with Gasteiger partial charge < -0.3 is 10.1 Å². The van der Waals surface area contributed by atoms with E-state index in [0.717, 1.165) is 12.0 Å². The summed E-state index contributed by atoms with van der Waals surface area (Å²) in [4.78, 5) is 11.1. The van der Waals surface area contributed by atoms with Crippen LogP contribution >= 0.6 is 11.6 Å². The van der Waals surface area contributed by atoms with Crippen molar-refractivity contribution < 1.29 is 9.53 Å². The molecule has 1 radical (unpaired) electrons. The smallest absolute Gasteiger partial charge is 0.407 e. The molecular formula is C11H13ClNO2. The lowest BCUT2D eigenvalue weighted by atomic mass is 10.2. The zero-order chi connectivity index (χ0) is 11.1. The molecule has 1 N–H and O–H groups in total.